The van der Waals surface area contributed by atoms with Gasteiger partial charge in [-0.05, 0) is 43.5 Å². The molecule has 0 aromatic heterocycles. The van der Waals surface area contributed by atoms with E-state index in [-0.39, 0.29) is 11.9 Å². The van der Waals surface area contributed by atoms with E-state index in [1.807, 2.05) is 37.3 Å². The van der Waals surface area contributed by atoms with Crippen LogP contribution in [0.5, 0.6) is 0 Å². The Morgan fingerprint density at radius 2 is 1.60 bits per heavy atom. The lowest BCUT2D eigenvalue weighted by molar-refractivity contribution is 0.541. The lowest BCUT2D eigenvalue weighted by Gasteiger charge is -2.22. The van der Waals surface area contributed by atoms with Crippen LogP contribution in [0.4, 0.5) is 4.39 Å². The topological polar surface area (TPSA) is 12.0 Å². The van der Waals surface area contributed by atoms with Gasteiger partial charge in [0.05, 0.1) is 6.04 Å². The highest BCUT2D eigenvalue weighted by molar-refractivity contribution is 5.39. The summed E-state index contributed by atoms with van der Waals surface area (Å²) in [6, 6.07) is 13.7. The molecule has 0 heterocycles. The minimum Gasteiger partial charge on any atom is -0.306 e. The molecule has 0 amide bonds. The Balaban J connectivity index is 2.47. The second kappa shape index (κ2) is 6.67. The highest BCUT2D eigenvalue weighted by Gasteiger charge is 2.19. The summed E-state index contributed by atoms with van der Waals surface area (Å²) >= 11 is 0. The fourth-order valence-corrected chi connectivity index (χ4v) is 2.48. The van der Waals surface area contributed by atoms with Crippen molar-refractivity contribution in [2.75, 3.05) is 6.54 Å². The van der Waals surface area contributed by atoms with Gasteiger partial charge >= 0.3 is 0 Å². The number of benzene rings is 2. The van der Waals surface area contributed by atoms with Gasteiger partial charge in [-0.3, -0.25) is 0 Å². The van der Waals surface area contributed by atoms with Crippen molar-refractivity contribution in [1.82, 2.24) is 5.32 Å². The zero-order valence-corrected chi connectivity index (χ0v) is 12.4. The van der Waals surface area contributed by atoms with Crippen LogP contribution in [0.25, 0.3) is 0 Å². The zero-order valence-electron chi connectivity index (χ0n) is 12.4. The molecule has 1 unspecified atom stereocenters. The maximum absolute atomic E-state index is 14.5. The van der Waals surface area contributed by atoms with Crippen molar-refractivity contribution >= 4 is 0 Å². The molecule has 0 spiro atoms. The Kier molecular flexibility index (Phi) is 4.91. The van der Waals surface area contributed by atoms with Crippen molar-refractivity contribution in [3.8, 4) is 0 Å². The molecule has 20 heavy (non-hydrogen) atoms. The van der Waals surface area contributed by atoms with E-state index in [1.54, 1.807) is 0 Å². The molecule has 0 fully saturated rings. The van der Waals surface area contributed by atoms with E-state index in [0.717, 1.165) is 24.1 Å². The van der Waals surface area contributed by atoms with E-state index in [0.29, 0.717) is 5.56 Å². The summed E-state index contributed by atoms with van der Waals surface area (Å²) in [4.78, 5) is 0. The molecule has 0 aliphatic rings. The molecule has 1 nitrogen and oxygen atoms in total. The fraction of sp³-hybridized carbons (Fsp3) is 0.333. The molecule has 0 aliphatic heterocycles. The smallest absolute Gasteiger partial charge is 0.131 e. The summed E-state index contributed by atoms with van der Waals surface area (Å²) in [6.45, 7) is 6.87. The number of hydrogen-bond acceptors (Lipinski definition) is 1. The molecule has 1 N–H and O–H groups in total. The van der Waals surface area contributed by atoms with Crippen LogP contribution in [0.2, 0.25) is 0 Å². The van der Waals surface area contributed by atoms with Gasteiger partial charge in [0.25, 0.3) is 0 Å². The van der Waals surface area contributed by atoms with Crippen LogP contribution < -0.4 is 5.32 Å². The largest absolute Gasteiger partial charge is 0.306 e. The first-order valence-electron chi connectivity index (χ1n) is 7.19. The summed E-state index contributed by atoms with van der Waals surface area (Å²) in [5.41, 5.74) is 3.75. The average molecular weight is 271 g/mol. The van der Waals surface area contributed by atoms with Gasteiger partial charge in [0.2, 0.25) is 0 Å². The summed E-state index contributed by atoms with van der Waals surface area (Å²) in [5.74, 6) is -0.107. The molecule has 0 saturated heterocycles. The van der Waals surface area contributed by atoms with Crippen LogP contribution >= 0.6 is 0 Å². The number of hydrogen-bond donors (Lipinski definition) is 1. The van der Waals surface area contributed by atoms with Crippen LogP contribution in [0.1, 0.15) is 41.6 Å². The molecular weight excluding hydrogens is 249 g/mol. The van der Waals surface area contributed by atoms with Gasteiger partial charge in [0.15, 0.2) is 0 Å². The number of rotatable bonds is 5. The normalized spacial score (nSPS) is 12.4. The van der Waals surface area contributed by atoms with E-state index >= 15 is 0 Å². The number of nitrogens with one attached hydrogen (secondary N) is 1. The third kappa shape index (κ3) is 3.07. The van der Waals surface area contributed by atoms with Crippen LogP contribution in [0, 0.1) is 19.7 Å². The van der Waals surface area contributed by atoms with Gasteiger partial charge in [0, 0.05) is 5.56 Å². The summed E-state index contributed by atoms with van der Waals surface area (Å²) < 4.78 is 14.5. The minimum absolute atomic E-state index is 0.0870. The van der Waals surface area contributed by atoms with Crippen LogP contribution in [0.15, 0.2) is 42.5 Å². The van der Waals surface area contributed by atoms with Gasteiger partial charge in [-0.2, -0.15) is 0 Å². The maximum Gasteiger partial charge on any atom is 0.131 e. The zero-order chi connectivity index (χ0) is 14.5. The quantitative estimate of drug-likeness (QED) is 0.842. The first-order valence-corrected chi connectivity index (χ1v) is 7.19. The second-order valence-corrected chi connectivity index (χ2v) is 5.22. The molecule has 2 aromatic rings. The predicted molar refractivity (Wildman–Crippen MR) is 82.5 cm³/mol. The van der Waals surface area contributed by atoms with Crippen molar-refractivity contribution in [2.24, 2.45) is 0 Å². The molecule has 0 bridgehead atoms. The second-order valence-electron chi connectivity index (χ2n) is 5.22. The van der Waals surface area contributed by atoms with E-state index in [9.17, 15) is 4.39 Å². The van der Waals surface area contributed by atoms with Gasteiger partial charge < -0.3 is 5.32 Å². The number of halogens is 1. The first-order chi connectivity index (χ1) is 9.65. The highest BCUT2D eigenvalue weighted by atomic mass is 19.1. The summed E-state index contributed by atoms with van der Waals surface area (Å²) in [6.07, 6.45) is 1.02. The van der Waals surface area contributed by atoms with Gasteiger partial charge in [-0.25, -0.2) is 4.39 Å². The van der Waals surface area contributed by atoms with Gasteiger partial charge in [-0.15, -0.1) is 0 Å². The lowest BCUT2D eigenvalue weighted by Crippen LogP contribution is -2.25. The highest BCUT2D eigenvalue weighted by Crippen LogP contribution is 2.28. The summed E-state index contributed by atoms with van der Waals surface area (Å²) in [7, 11) is 0. The average Bonchev–Trinajstić information content (AvgIpc) is 2.45. The molecule has 2 aromatic carbocycles. The van der Waals surface area contributed by atoms with Gasteiger partial charge in [0.1, 0.15) is 5.82 Å². The lowest BCUT2D eigenvalue weighted by atomic mass is 9.93. The van der Waals surface area contributed by atoms with Crippen LogP contribution in [-0.2, 0) is 0 Å². The maximum atomic E-state index is 14.5. The molecule has 2 rings (SSSR count). The Labute approximate surface area is 120 Å². The molecule has 0 aliphatic carbocycles. The Morgan fingerprint density at radius 3 is 2.30 bits per heavy atom. The predicted octanol–water partition coefficient (Wildman–Crippen LogP) is 4.53. The van der Waals surface area contributed by atoms with Crippen molar-refractivity contribution in [1.29, 1.82) is 0 Å². The molecule has 2 heteroatoms. The van der Waals surface area contributed by atoms with E-state index in [4.69, 9.17) is 0 Å². The molecular formula is C18H22FN. The number of aryl methyl sites for hydroxylation is 2. The third-order valence-electron chi connectivity index (χ3n) is 3.63. The van der Waals surface area contributed by atoms with Crippen LogP contribution in [0.3, 0.4) is 0 Å². The van der Waals surface area contributed by atoms with Crippen molar-refractivity contribution in [3.05, 3.63) is 70.5 Å². The standard InChI is InChI=1S/C18H22FN/c1-4-12-20-18(15-10-6-5-8-13(15)2)16-11-7-9-14(3)17(16)19/h5-11,18,20H,4,12H2,1-3H3. The molecule has 1 atom stereocenters. The third-order valence-corrected chi connectivity index (χ3v) is 3.63. The molecule has 0 radical (unpaired) electrons. The first kappa shape index (κ1) is 14.7. The summed E-state index contributed by atoms with van der Waals surface area (Å²) in [5, 5.41) is 3.47. The van der Waals surface area contributed by atoms with Crippen molar-refractivity contribution in [3.63, 3.8) is 0 Å². The van der Waals surface area contributed by atoms with E-state index in [2.05, 4.69) is 31.3 Å². The monoisotopic (exact) mass is 271 g/mol. The van der Waals surface area contributed by atoms with Crippen molar-refractivity contribution < 1.29 is 4.39 Å². The van der Waals surface area contributed by atoms with Crippen LogP contribution in [-0.4, -0.2) is 6.54 Å². The van der Waals surface area contributed by atoms with E-state index in [1.165, 1.54) is 5.56 Å². The van der Waals surface area contributed by atoms with Crippen molar-refractivity contribution in [2.45, 2.75) is 33.2 Å². The molecule has 0 saturated carbocycles. The SMILES string of the molecule is CCCNC(c1ccccc1C)c1cccc(C)c1F. The minimum atomic E-state index is -0.107. The van der Waals surface area contributed by atoms with E-state index < -0.39 is 0 Å². The Bertz CT molecular complexity index is 577. The molecule has 106 valence electrons. The Morgan fingerprint density at radius 1 is 0.950 bits per heavy atom. The van der Waals surface area contributed by atoms with Gasteiger partial charge in [-0.1, -0.05) is 49.4 Å². The Hall–Kier alpha value is -1.67. The fourth-order valence-electron chi connectivity index (χ4n) is 2.48.